The van der Waals surface area contributed by atoms with Crippen LogP contribution in [0.3, 0.4) is 0 Å². The zero-order chi connectivity index (χ0) is 18.5. The number of aromatic amines is 1. The van der Waals surface area contributed by atoms with E-state index in [1.54, 1.807) is 18.3 Å². The van der Waals surface area contributed by atoms with E-state index < -0.39 is 0 Å². The van der Waals surface area contributed by atoms with Gasteiger partial charge in [0, 0.05) is 5.56 Å². The fourth-order valence-corrected chi connectivity index (χ4v) is 2.67. The number of aromatic nitrogens is 2. The molecular weight excluding hydrogens is 348 g/mol. The zero-order valence-electron chi connectivity index (χ0n) is 14.5. The van der Waals surface area contributed by atoms with Crippen molar-refractivity contribution in [3.8, 4) is 11.3 Å². The number of nitrogens with one attached hydrogen (secondary N) is 2. The van der Waals surface area contributed by atoms with Crippen molar-refractivity contribution in [2.45, 2.75) is 19.8 Å². The first-order valence-corrected chi connectivity index (χ1v) is 8.66. The maximum atomic E-state index is 12.2. The number of hydrogen-bond acceptors (Lipinski definition) is 3. The van der Waals surface area contributed by atoms with Crippen molar-refractivity contribution >= 4 is 23.7 Å². The molecule has 132 valence electrons. The summed E-state index contributed by atoms with van der Waals surface area (Å²) in [7, 11) is 0. The van der Waals surface area contributed by atoms with Gasteiger partial charge in [0.2, 0.25) is 0 Å². The number of benzene rings is 2. The molecule has 0 radical (unpaired) electrons. The minimum atomic E-state index is -0.370. The Kier molecular flexibility index (Phi) is 5.49. The average molecular weight is 367 g/mol. The first kappa shape index (κ1) is 17.9. The molecule has 6 heteroatoms. The van der Waals surface area contributed by atoms with Crippen molar-refractivity contribution in [2.24, 2.45) is 5.10 Å². The lowest BCUT2D eigenvalue weighted by atomic mass is 10.0. The molecule has 0 spiro atoms. The van der Waals surface area contributed by atoms with E-state index >= 15 is 0 Å². The molecule has 0 aliphatic rings. The minimum Gasteiger partial charge on any atom is -0.272 e. The number of carbonyl (C=O) groups excluding carboxylic acids is 1. The standard InChI is InChI=1S/C20H19ClN4O/c1-13(2)15-9-7-14(8-10-15)12-22-25-20(26)19-11-18(23-24-19)16-5-3-4-6-17(16)21/h3-13H,1-2H3,(H,23,24)(H,25,26)/b22-12+. The molecule has 2 N–H and O–H groups in total. The summed E-state index contributed by atoms with van der Waals surface area (Å²) < 4.78 is 0. The second-order valence-corrected chi connectivity index (χ2v) is 6.57. The van der Waals surface area contributed by atoms with E-state index in [2.05, 4.69) is 46.7 Å². The van der Waals surface area contributed by atoms with Crippen LogP contribution in [0.5, 0.6) is 0 Å². The largest absolute Gasteiger partial charge is 0.289 e. The number of rotatable bonds is 5. The summed E-state index contributed by atoms with van der Waals surface area (Å²) in [4.78, 5) is 12.2. The quantitative estimate of drug-likeness (QED) is 0.511. The molecule has 0 aliphatic heterocycles. The van der Waals surface area contributed by atoms with E-state index in [0.717, 1.165) is 11.1 Å². The van der Waals surface area contributed by atoms with Crippen molar-refractivity contribution in [1.82, 2.24) is 15.6 Å². The van der Waals surface area contributed by atoms with Crippen LogP contribution in [0, 0.1) is 0 Å². The van der Waals surface area contributed by atoms with Gasteiger partial charge in [-0.1, -0.05) is 67.9 Å². The second kappa shape index (κ2) is 7.97. The van der Waals surface area contributed by atoms with Crippen molar-refractivity contribution in [3.63, 3.8) is 0 Å². The van der Waals surface area contributed by atoms with Gasteiger partial charge in [0.25, 0.3) is 5.91 Å². The minimum absolute atomic E-state index is 0.312. The smallest absolute Gasteiger partial charge is 0.272 e. The molecule has 0 saturated carbocycles. The van der Waals surface area contributed by atoms with E-state index in [4.69, 9.17) is 11.6 Å². The van der Waals surface area contributed by atoms with Crippen LogP contribution in [0.4, 0.5) is 0 Å². The van der Waals surface area contributed by atoms with Crippen molar-refractivity contribution in [2.75, 3.05) is 0 Å². The predicted molar refractivity (Wildman–Crippen MR) is 105 cm³/mol. The fraction of sp³-hybridized carbons (Fsp3) is 0.150. The number of H-pyrrole nitrogens is 1. The monoisotopic (exact) mass is 366 g/mol. The first-order chi connectivity index (χ1) is 12.5. The number of carbonyl (C=O) groups is 1. The predicted octanol–water partition coefficient (Wildman–Crippen LogP) is 4.62. The lowest BCUT2D eigenvalue weighted by Gasteiger charge is -2.04. The molecule has 2 aromatic carbocycles. The summed E-state index contributed by atoms with van der Waals surface area (Å²) in [6.45, 7) is 4.29. The molecule has 5 nitrogen and oxygen atoms in total. The van der Waals surface area contributed by atoms with Crippen LogP contribution < -0.4 is 5.43 Å². The molecule has 0 fully saturated rings. The van der Waals surface area contributed by atoms with Crippen LogP contribution in [0.15, 0.2) is 59.7 Å². The van der Waals surface area contributed by atoms with Gasteiger partial charge in [-0.15, -0.1) is 0 Å². The second-order valence-electron chi connectivity index (χ2n) is 6.17. The van der Waals surface area contributed by atoms with Gasteiger partial charge in [0.1, 0.15) is 5.69 Å². The van der Waals surface area contributed by atoms with Gasteiger partial charge in [0.15, 0.2) is 0 Å². The molecule has 0 aliphatic carbocycles. The van der Waals surface area contributed by atoms with Crippen molar-refractivity contribution in [3.05, 3.63) is 76.4 Å². The highest BCUT2D eigenvalue weighted by molar-refractivity contribution is 6.33. The van der Waals surface area contributed by atoms with Gasteiger partial charge >= 0.3 is 0 Å². The maximum absolute atomic E-state index is 12.2. The van der Waals surface area contributed by atoms with Crippen LogP contribution in [0.1, 0.15) is 41.4 Å². The Balaban J connectivity index is 1.64. The molecule has 3 aromatic rings. The number of amides is 1. The summed E-state index contributed by atoms with van der Waals surface area (Å²) in [5.41, 5.74) is 6.34. The fourth-order valence-electron chi connectivity index (χ4n) is 2.44. The van der Waals surface area contributed by atoms with Gasteiger partial charge in [-0.3, -0.25) is 9.89 Å². The first-order valence-electron chi connectivity index (χ1n) is 8.28. The number of halogens is 1. The SMILES string of the molecule is CC(C)c1ccc(/C=N/NC(=O)c2cc(-c3ccccc3Cl)n[nH]2)cc1. The molecule has 0 saturated heterocycles. The third kappa shape index (κ3) is 4.18. The van der Waals surface area contributed by atoms with Crippen LogP contribution in [0.25, 0.3) is 11.3 Å². The van der Waals surface area contributed by atoms with Gasteiger partial charge in [-0.05, 0) is 29.2 Å². The van der Waals surface area contributed by atoms with E-state index in [9.17, 15) is 4.79 Å². The van der Waals surface area contributed by atoms with Gasteiger partial charge in [0.05, 0.1) is 16.9 Å². The highest BCUT2D eigenvalue weighted by Crippen LogP contribution is 2.26. The number of hydrogen-bond donors (Lipinski definition) is 2. The maximum Gasteiger partial charge on any atom is 0.289 e. The van der Waals surface area contributed by atoms with E-state index in [1.807, 2.05) is 30.3 Å². The molecule has 1 aromatic heterocycles. The molecular formula is C20H19ClN4O. The van der Waals surface area contributed by atoms with E-state index in [1.165, 1.54) is 5.56 Å². The third-order valence-corrected chi connectivity index (χ3v) is 4.28. The highest BCUT2D eigenvalue weighted by Gasteiger charge is 2.12. The molecule has 0 unspecified atom stereocenters. The Hall–Kier alpha value is -2.92. The lowest BCUT2D eigenvalue weighted by molar-refractivity contribution is 0.0950. The third-order valence-electron chi connectivity index (χ3n) is 3.96. The van der Waals surface area contributed by atoms with Crippen LogP contribution in [-0.2, 0) is 0 Å². The Morgan fingerprint density at radius 1 is 1.19 bits per heavy atom. The molecule has 0 atom stereocenters. The summed E-state index contributed by atoms with van der Waals surface area (Å²) in [6.07, 6.45) is 1.60. The molecule has 0 bridgehead atoms. The summed E-state index contributed by atoms with van der Waals surface area (Å²) in [6, 6.07) is 17.0. The van der Waals surface area contributed by atoms with Crippen LogP contribution >= 0.6 is 11.6 Å². The van der Waals surface area contributed by atoms with Gasteiger partial charge in [-0.25, -0.2) is 5.43 Å². The zero-order valence-corrected chi connectivity index (χ0v) is 15.3. The highest BCUT2D eigenvalue weighted by atomic mass is 35.5. The van der Waals surface area contributed by atoms with Crippen molar-refractivity contribution in [1.29, 1.82) is 0 Å². The average Bonchev–Trinajstić information content (AvgIpc) is 3.12. The van der Waals surface area contributed by atoms with Crippen LogP contribution in [-0.4, -0.2) is 22.3 Å². The molecule has 1 amide bonds. The van der Waals surface area contributed by atoms with E-state index in [-0.39, 0.29) is 5.91 Å². The van der Waals surface area contributed by atoms with Crippen LogP contribution in [0.2, 0.25) is 5.02 Å². The van der Waals surface area contributed by atoms with E-state index in [0.29, 0.717) is 22.3 Å². The summed E-state index contributed by atoms with van der Waals surface area (Å²) >= 11 is 6.15. The topological polar surface area (TPSA) is 70.1 Å². The normalized spacial score (nSPS) is 11.2. The lowest BCUT2D eigenvalue weighted by Crippen LogP contribution is -2.18. The summed E-state index contributed by atoms with van der Waals surface area (Å²) in [5.74, 6) is 0.110. The number of hydrazone groups is 1. The van der Waals surface area contributed by atoms with Gasteiger partial charge in [-0.2, -0.15) is 10.2 Å². The number of nitrogens with zero attached hydrogens (tertiary/aromatic N) is 2. The molecule has 3 rings (SSSR count). The van der Waals surface area contributed by atoms with Gasteiger partial charge < -0.3 is 0 Å². The summed E-state index contributed by atoms with van der Waals surface area (Å²) in [5, 5.41) is 11.4. The molecule has 26 heavy (non-hydrogen) atoms. The Bertz CT molecular complexity index is 929. The Labute approximate surface area is 157 Å². The Morgan fingerprint density at radius 2 is 1.92 bits per heavy atom. The van der Waals surface area contributed by atoms with Crippen molar-refractivity contribution < 1.29 is 4.79 Å². The Morgan fingerprint density at radius 3 is 2.62 bits per heavy atom. The molecule has 1 heterocycles.